The summed E-state index contributed by atoms with van der Waals surface area (Å²) in [6.07, 6.45) is 5.66. The number of aromatic amines is 1. The van der Waals surface area contributed by atoms with Gasteiger partial charge in [-0.25, -0.2) is 8.78 Å². The van der Waals surface area contributed by atoms with Crippen molar-refractivity contribution in [3.63, 3.8) is 0 Å². The molecule has 2 aliphatic heterocycles. The number of aromatic nitrogens is 1. The maximum atomic E-state index is 14.4. The molecular weight excluding hydrogens is 528 g/mol. The van der Waals surface area contributed by atoms with E-state index in [1.54, 1.807) is 6.07 Å². The van der Waals surface area contributed by atoms with Crippen molar-refractivity contribution in [1.29, 1.82) is 5.26 Å². The number of rotatable bonds is 5. The van der Waals surface area contributed by atoms with Crippen molar-refractivity contribution in [2.24, 2.45) is 5.92 Å². The van der Waals surface area contributed by atoms with Gasteiger partial charge in [-0.15, -0.1) is 0 Å². The minimum Gasteiger partial charge on any atom is -0.350 e. The molecule has 1 aromatic heterocycles. The highest BCUT2D eigenvalue weighted by atomic mass is 19.1. The van der Waals surface area contributed by atoms with E-state index in [9.17, 15) is 28.4 Å². The molecule has 2 aromatic carbocycles. The van der Waals surface area contributed by atoms with Crippen molar-refractivity contribution < 1.29 is 23.2 Å². The van der Waals surface area contributed by atoms with Gasteiger partial charge in [0.25, 0.3) is 5.91 Å². The highest BCUT2D eigenvalue weighted by Crippen LogP contribution is 2.46. The van der Waals surface area contributed by atoms with Crippen LogP contribution >= 0.6 is 0 Å². The van der Waals surface area contributed by atoms with Gasteiger partial charge in [0.1, 0.15) is 29.4 Å². The van der Waals surface area contributed by atoms with Crippen LogP contribution in [0.3, 0.4) is 0 Å². The average molecular weight is 560 g/mol. The lowest BCUT2D eigenvalue weighted by Gasteiger charge is -2.35. The molecule has 10 heteroatoms. The van der Waals surface area contributed by atoms with Gasteiger partial charge in [-0.2, -0.15) is 5.26 Å². The Morgan fingerprint density at radius 2 is 1.93 bits per heavy atom. The number of nitriles is 1. The number of nitrogens with zero attached hydrogens (tertiary/aromatic N) is 3. The largest absolute Gasteiger partial charge is 0.350 e. The molecule has 212 valence electrons. The molecular formula is C31H31F2N5O3. The number of hydrogen-bond acceptors (Lipinski definition) is 4. The van der Waals surface area contributed by atoms with E-state index in [-0.39, 0.29) is 47.3 Å². The van der Waals surface area contributed by atoms with Crippen LogP contribution < -0.4 is 5.32 Å². The van der Waals surface area contributed by atoms with E-state index >= 15 is 0 Å². The first-order chi connectivity index (χ1) is 19.7. The highest BCUT2D eigenvalue weighted by molar-refractivity contribution is 6.07. The molecule has 3 amide bonds. The van der Waals surface area contributed by atoms with Crippen molar-refractivity contribution in [3.8, 4) is 6.07 Å². The summed E-state index contributed by atoms with van der Waals surface area (Å²) in [5, 5.41) is 13.1. The Morgan fingerprint density at radius 1 is 1.17 bits per heavy atom. The van der Waals surface area contributed by atoms with Crippen LogP contribution in [-0.2, 0) is 15.0 Å². The van der Waals surface area contributed by atoms with Gasteiger partial charge in [-0.3, -0.25) is 14.4 Å². The lowest BCUT2D eigenvalue weighted by Crippen LogP contribution is -2.52. The summed E-state index contributed by atoms with van der Waals surface area (Å²) in [5.41, 5.74) is 0.584. The zero-order valence-corrected chi connectivity index (χ0v) is 22.8. The zero-order valence-electron chi connectivity index (χ0n) is 22.8. The summed E-state index contributed by atoms with van der Waals surface area (Å²) in [6, 6.07) is 11.0. The van der Waals surface area contributed by atoms with Crippen LogP contribution in [0, 0.1) is 28.9 Å². The minimum absolute atomic E-state index is 0.0345. The van der Waals surface area contributed by atoms with Gasteiger partial charge in [0.2, 0.25) is 11.8 Å². The Bertz CT molecular complexity index is 1590. The van der Waals surface area contributed by atoms with Gasteiger partial charge in [-0.05, 0) is 36.1 Å². The fraction of sp³-hybridized carbons (Fsp3) is 0.419. The Kier molecular flexibility index (Phi) is 6.76. The summed E-state index contributed by atoms with van der Waals surface area (Å²) in [6.45, 7) is 0.0347. The molecule has 3 heterocycles. The van der Waals surface area contributed by atoms with Crippen molar-refractivity contribution >= 4 is 34.3 Å². The Balaban J connectivity index is 1.33. The van der Waals surface area contributed by atoms with E-state index < -0.39 is 35.0 Å². The second kappa shape index (κ2) is 10.3. The SMILES string of the molecule is CN(C(=O)c1cc2c(F)cc(F)cc2[nH]1)[C@@H](CC1CCCCC1)C(=O)N1C[C@]2(C[C@H]1C#N)C(=O)Nc1ccccc12. The smallest absolute Gasteiger partial charge is 0.270 e. The van der Waals surface area contributed by atoms with Crippen LogP contribution in [-0.4, -0.2) is 58.2 Å². The van der Waals surface area contributed by atoms with Crippen LogP contribution in [0.15, 0.2) is 42.5 Å². The van der Waals surface area contributed by atoms with Crippen LogP contribution in [0.4, 0.5) is 14.5 Å². The third kappa shape index (κ3) is 4.53. The molecule has 3 aromatic rings. The molecule has 8 nitrogen and oxygen atoms in total. The number of amides is 3. The standard InChI is InChI=1S/C31H31F2N5O3/c1-37(28(39)26-14-21-23(33)12-19(32)13-25(21)35-26)27(11-18-7-3-2-4-8-18)29(40)38-17-31(15-20(38)16-34)22-9-5-6-10-24(22)36-30(31)41/h5-6,9-10,12-14,18,20,27,35H,2-4,7-8,11,15,17H2,1H3,(H,36,41)/t20-,27-,31-/m0/s1. The van der Waals surface area contributed by atoms with E-state index in [0.29, 0.717) is 12.1 Å². The van der Waals surface area contributed by atoms with Gasteiger partial charge in [-0.1, -0.05) is 50.3 Å². The maximum absolute atomic E-state index is 14.4. The Labute approximate surface area is 236 Å². The average Bonchev–Trinajstić information content (AvgIpc) is 3.65. The normalized spacial score (nSPS) is 22.9. The minimum atomic E-state index is -1.04. The lowest BCUT2D eigenvalue weighted by atomic mass is 9.80. The number of likely N-dealkylation sites (N-methyl/N-ethyl adjacent to an activating group) is 1. The number of para-hydroxylation sites is 1. The van der Waals surface area contributed by atoms with Crippen LogP contribution in [0.2, 0.25) is 0 Å². The quantitative estimate of drug-likeness (QED) is 0.465. The number of likely N-dealkylation sites (tertiary alicyclic amines) is 1. The summed E-state index contributed by atoms with van der Waals surface area (Å²) >= 11 is 0. The van der Waals surface area contributed by atoms with Crippen LogP contribution in [0.5, 0.6) is 0 Å². The number of anilines is 1. The molecule has 0 bridgehead atoms. The topological polar surface area (TPSA) is 109 Å². The Morgan fingerprint density at radius 3 is 2.68 bits per heavy atom. The number of benzene rings is 2. The predicted octanol–water partition coefficient (Wildman–Crippen LogP) is 4.87. The van der Waals surface area contributed by atoms with Gasteiger partial charge in [0.15, 0.2) is 0 Å². The highest BCUT2D eigenvalue weighted by Gasteiger charge is 2.56. The number of hydrogen-bond donors (Lipinski definition) is 2. The summed E-state index contributed by atoms with van der Waals surface area (Å²) < 4.78 is 28.2. The van der Waals surface area contributed by atoms with Gasteiger partial charge >= 0.3 is 0 Å². The number of nitrogens with one attached hydrogen (secondary N) is 2. The summed E-state index contributed by atoms with van der Waals surface area (Å²) in [5.74, 6) is -2.51. The first-order valence-corrected chi connectivity index (χ1v) is 14.1. The second-order valence-corrected chi connectivity index (χ2v) is 11.6. The molecule has 3 atom stereocenters. The molecule has 1 saturated heterocycles. The van der Waals surface area contributed by atoms with E-state index in [2.05, 4.69) is 16.4 Å². The summed E-state index contributed by atoms with van der Waals surface area (Å²) in [4.78, 5) is 46.9. The molecule has 0 radical (unpaired) electrons. The Hall–Kier alpha value is -4.26. The van der Waals surface area contributed by atoms with E-state index in [1.807, 2.05) is 18.2 Å². The zero-order chi connectivity index (χ0) is 28.9. The predicted molar refractivity (Wildman–Crippen MR) is 148 cm³/mol. The molecule has 1 aliphatic carbocycles. The maximum Gasteiger partial charge on any atom is 0.270 e. The molecule has 2 fully saturated rings. The molecule has 2 N–H and O–H groups in total. The molecule has 3 aliphatic rings. The third-order valence-electron chi connectivity index (χ3n) is 9.15. The van der Waals surface area contributed by atoms with E-state index in [0.717, 1.165) is 49.8 Å². The second-order valence-electron chi connectivity index (χ2n) is 11.6. The van der Waals surface area contributed by atoms with Gasteiger partial charge < -0.3 is 20.1 Å². The lowest BCUT2D eigenvalue weighted by molar-refractivity contribution is -0.136. The fourth-order valence-electron chi connectivity index (χ4n) is 6.95. The molecule has 1 saturated carbocycles. The number of fused-ring (bicyclic) bond motifs is 3. The molecule has 41 heavy (non-hydrogen) atoms. The van der Waals surface area contributed by atoms with Gasteiger partial charge in [0.05, 0.1) is 17.0 Å². The van der Waals surface area contributed by atoms with Crippen LogP contribution in [0.25, 0.3) is 10.9 Å². The van der Waals surface area contributed by atoms with Crippen molar-refractivity contribution in [1.82, 2.24) is 14.8 Å². The number of carbonyl (C=O) groups excluding carboxylic acids is 3. The van der Waals surface area contributed by atoms with E-state index in [4.69, 9.17) is 0 Å². The molecule has 1 spiro atoms. The molecule has 6 rings (SSSR count). The van der Waals surface area contributed by atoms with Crippen molar-refractivity contribution in [2.75, 3.05) is 18.9 Å². The van der Waals surface area contributed by atoms with Crippen LogP contribution in [0.1, 0.15) is 61.0 Å². The number of halogens is 2. The fourth-order valence-corrected chi connectivity index (χ4v) is 6.95. The van der Waals surface area contributed by atoms with Crippen molar-refractivity contribution in [3.05, 3.63) is 65.4 Å². The monoisotopic (exact) mass is 559 g/mol. The number of carbonyl (C=O) groups is 3. The first-order valence-electron chi connectivity index (χ1n) is 14.1. The van der Waals surface area contributed by atoms with Gasteiger partial charge in [0, 0.05) is 37.2 Å². The number of H-pyrrole nitrogens is 1. The van der Waals surface area contributed by atoms with Crippen molar-refractivity contribution in [2.45, 2.75) is 62.4 Å². The third-order valence-corrected chi connectivity index (χ3v) is 9.15. The summed E-state index contributed by atoms with van der Waals surface area (Å²) in [7, 11) is 1.53. The molecule has 0 unspecified atom stereocenters. The first kappa shape index (κ1) is 26.9. The van der Waals surface area contributed by atoms with E-state index in [1.165, 1.54) is 22.9 Å².